The first-order valence-corrected chi connectivity index (χ1v) is 7.46. The standard InChI is InChI=1S/C17H23NO2/c1-16(2,3)20-15(19)18-11-13-7-4-5-8-14(13)17(12-18)9-6-10-17/h4-5,7-8H,6,9-12H2,1-3H3. The Balaban J connectivity index is 1.86. The molecular weight excluding hydrogens is 250 g/mol. The van der Waals surface area contributed by atoms with E-state index in [0.717, 1.165) is 6.54 Å². The van der Waals surface area contributed by atoms with Crippen LogP contribution in [0.1, 0.15) is 51.2 Å². The van der Waals surface area contributed by atoms with Gasteiger partial charge in [-0.2, -0.15) is 0 Å². The van der Waals surface area contributed by atoms with E-state index in [1.54, 1.807) is 0 Å². The summed E-state index contributed by atoms with van der Waals surface area (Å²) in [7, 11) is 0. The highest BCUT2D eigenvalue weighted by Crippen LogP contribution is 2.48. The average molecular weight is 273 g/mol. The van der Waals surface area contributed by atoms with E-state index in [1.165, 1.54) is 30.4 Å². The second-order valence-electron chi connectivity index (χ2n) is 7.13. The second-order valence-corrected chi connectivity index (χ2v) is 7.13. The normalized spacial score (nSPS) is 20.2. The van der Waals surface area contributed by atoms with Gasteiger partial charge >= 0.3 is 6.09 Å². The summed E-state index contributed by atoms with van der Waals surface area (Å²) in [6.45, 7) is 7.23. The first-order valence-electron chi connectivity index (χ1n) is 7.46. The lowest BCUT2D eigenvalue weighted by Crippen LogP contribution is -2.52. The van der Waals surface area contributed by atoms with Crippen molar-refractivity contribution in [2.24, 2.45) is 0 Å². The van der Waals surface area contributed by atoms with Gasteiger partial charge in [0.2, 0.25) is 0 Å². The number of fused-ring (bicyclic) bond motifs is 2. The first-order chi connectivity index (χ1) is 9.40. The Morgan fingerprint density at radius 3 is 2.55 bits per heavy atom. The Kier molecular flexibility index (Phi) is 3.03. The Morgan fingerprint density at radius 2 is 1.95 bits per heavy atom. The van der Waals surface area contributed by atoms with Gasteiger partial charge in [0, 0.05) is 18.5 Å². The lowest BCUT2D eigenvalue weighted by molar-refractivity contribution is 0.00983. The number of ether oxygens (including phenoxy) is 1. The Hall–Kier alpha value is -1.51. The lowest BCUT2D eigenvalue weighted by Gasteiger charge is -2.49. The quantitative estimate of drug-likeness (QED) is 0.718. The fraction of sp³-hybridized carbons (Fsp3) is 0.588. The topological polar surface area (TPSA) is 29.5 Å². The smallest absolute Gasteiger partial charge is 0.410 e. The summed E-state index contributed by atoms with van der Waals surface area (Å²) < 4.78 is 5.54. The molecule has 3 heteroatoms. The molecule has 1 aromatic rings. The predicted molar refractivity (Wildman–Crippen MR) is 78.6 cm³/mol. The molecule has 1 aliphatic heterocycles. The molecule has 3 nitrogen and oxygen atoms in total. The van der Waals surface area contributed by atoms with Gasteiger partial charge in [-0.05, 0) is 44.7 Å². The third-order valence-electron chi connectivity index (χ3n) is 4.41. The van der Waals surface area contributed by atoms with Crippen molar-refractivity contribution in [3.05, 3.63) is 35.4 Å². The largest absolute Gasteiger partial charge is 0.444 e. The minimum atomic E-state index is -0.430. The molecule has 1 amide bonds. The predicted octanol–water partition coefficient (Wildman–Crippen LogP) is 3.86. The van der Waals surface area contributed by atoms with Crippen LogP contribution in [0.15, 0.2) is 24.3 Å². The summed E-state index contributed by atoms with van der Waals surface area (Å²) >= 11 is 0. The molecule has 0 aromatic heterocycles. The van der Waals surface area contributed by atoms with E-state index in [1.807, 2.05) is 25.7 Å². The molecule has 0 N–H and O–H groups in total. The highest BCUT2D eigenvalue weighted by Gasteiger charge is 2.45. The van der Waals surface area contributed by atoms with Crippen LogP contribution in [-0.4, -0.2) is 23.1 Å². The lowest BCUT2D eigenvalue weighted by atomic mass is 9.61. The van der Waals surface area contributed by atoms with E-state index in [9.17, 15) is 4.79 Å². The van der Waals surface area contributed by atoms with Gasteiger partial charge in [-0.3, -0.25) is 0 Å². The summed E-state index contributed by atoms with van der Waals surface area (Å²) in [5, 5.41) is 0. The van der Waals surface area contributed by atoms with Crippen LogP contribution in [-0.2, 0) is 16.7 Å². The Labute approximate surface area is 120 Å². The summed E-state index contributed by atoms with van der Waals surface area (Å²) in [5.74, 6) is 0. The minimum Gasteiger partial charge on any atom is -0.444 e. The molecule has 1 aliphatic carbocycles. The average Bonchev–Trinajstić information content (AvgIpc) is 2.33. The fourth-order valence-corrected chi connectivity index (χ4v) is 3.37. The molecule has 0 atom stereocenters. The first kappa shape index (κ1) is 13.5. The van der Waals surface area contributed by atoms with E-state index < -0.39 is 5.60 Å². The molecule has 1 saturated carbocycles. The zero-order chi connectivity index (χ0) is 14.4. The van der Waals surface area contributed by atoms with E-state index in [0.29, 0.717) is 6.54 Å². The molecule has 0 bridgehead atoms. The maximum Gasteiger partial charge on any atom is 0.410 e. The summed E-state index contributed by atoms with van der Waals surface area (Å²) in [5.41, 5.74) is 2.49. The van der Waals surface area contributed by atoms with Crippen molar-refractivity contribution in [3.63, 3.8) is 0 Å². The monoisotopic (exact) mass is 273 g/mol. The number of hydrogen-bond acceptors (Lipinski definition) is 2. The second kappa shape index (κ2) is 4.51. The van der Waals surface area contributed by atoms with Crippen molar-refractivity contribution >= 4 is 6.09 Å². The van der Waals surface area contributed by atoms with Gasteiger partial charge in [-0.1, -0.05) is 30.7 Å². The third-order valence-corrected chi connectivity index (χ3v) is 4.41. The fourth-order valence-electron chi connectivity index (χ4n) is 3.37. The van der Waals surface area contributed by atoms with Crippen LogP contribution in [0, 0.1) is 0 Å². The van der Waals surface area contributed by atoms with Crippen molar-refractivity contribution in [2.45, 2.75) is 57.6 Å². The molecule has 108 valence electrons. The maximum absolute atomic E-state index is 12.4. The summed E-state index contributed by atoms with van der Waals surface area (Å²) in [4.78, 5) is 14.2. The molecular formula is C17H23NO2. The number of benzene rings is 1. The van der Waals surface area contributed by atoms with Gasteiger partial charge in [-0.15, -0.1) is 0 Å². The minimum absolute atomic E-state index is 0.182. The van der Waals surface area contributed by atoms with Crippen LogP contribution in [0.5, 0.6) is 0 Å². The molecule has 2 aliphatic rings. The maximum atomic E-state index is 12.4. The zero-order valence-corrected chi connectivity index (χ0v) is 12.6. The van der Waals surface area contributed by atoms with E-state index >= 15 is 0 Å². The van der Waals surface area contributed by atoms with Crippen molar-refractivity contribution in [1.29, 1.82) is 0 Å². The molecule has 0 unspecified atom stereocenters. The van der Waals surface area contributed by atoms with Crippen LogP contribution < -0.4 is 0 Å². The summed E-state index contributed by atoms with van der Waals surface area (Å²) in [6, 6.07) is 8.55. The van der Waals surface area contributed by atoms with Gasteiger partial charge in [0.25, 0.3) is 0 Å². The number of hydrogen-bond donors (Lipinski definition) is 0. The molecule has 0 radical (unpaired) electrons. The van der Waals surface area contributed by atoms with Gasteiger partial charge in [0.15, 0.2) is 0 Å². The van der Waals surface area contributed by atoms with Crippen LogP contribution in [0.4, 0.5) is 4.79 Å². The number of rotatable bonds is 0. The van der Waals surface area contributed by atoms with Crippen LogP contribution in [0.2, 0.25) is 0 Å². The molecule has 1 aromatic carbocycles. The third kappa shape index (κ3) is 2.30. The number of amides is 1. The number of nitrogens with zero attached hydrogens (tertiary/aromatic N) is 1. The van der Waals surface area contributed by atoms with E-state index in [4.69, 9.17) is 4.74 Å². The number of carbonyl (C=O) groups is 1. The van der Waals surface area contributed by atoms with Gasteiger partial charge in [0.1, 0.15) is 5.60 Å². The van der Waals surface area contributed by atoms with Crippen LogP contribution in [0.3, 0.4) is 0 Å². The van der Waals surface area contributed by atoms with Crippen molar-refractivity contribution in [2.75, 3.05) is 6.54 Å². The Bertz CT molecular complexity index is 526. The van der Waals surface area contributed by atoms with Crippen molar-refractivity contribution in [3.8, 4) is 0 Å². The van der Waals surface area contributed by atoms with Gasteiger partial charge < -0.3 is 9.64 Å². The summed E-state index contributed by atoms with van der Waals surface area (Å²) in [6.07, 6.45) is 3.45. The van der Waals surface area contributed by atoms with E-state index in [-0.39, 0.29) is 11.5 Å². The number of carbonyl (C=O) groups excluding carboxylic acids is 1. The highest BCUT2D eigenvalue weighted by atomic mass is 16.6. The molecule has 1 heterocycles. The van der Waals surface area contributed by atoms with E-state index in [2.05, 4.69) is 24.3 Å². The van der Waals surface area contributed by atoms with Gasteiger partial charge in [0.05, 0.1) is 0 Å². The van der Waals surface area contributed by atoms with Crippen LogP contribution >= 0.6 is 0 Å². The molecule has 0 saturated heterocycles. The van der Waals surface area contributed by atoms with Crippen molar-refractivity contribution in [1.82, 2.24) is 4.90 Å². The van der Waals surface area contributed by atoms with Crippen LogP contribution in [0.25, 0.3) is 0 Å². The molecule has 1 fully saturated rings. The van der Waals surface area contributed by atoms with Gasteiger partial charge in [-0.25, -0.2) is 4.79 Å². The molecule has 1 spiro atoms. The SMILES string of the molecule is CC(C)(C)OC(=O)N1Cc2ccccc2C2(CCC2)C1. The molecule has 20 heavy (non-hydrogen) atoms. The zero-order valence-electron chi connectivity index (χ0n) is 12.6. The highest BCUT2D eigenvalue weighted by molar-refractivity contribution is 5.69. The Morgan fingerprint density at radius 1 is 1.25 bits per heavy atom. The molecule has 3 rings (SSSR count). The van der Waals surface area contributed by atoms with Crippen molar-refractivity contribution < 1.29 is 9.53 Å².